The molecular weight excluding hydrogens is 388 g/mol. The van der Waals surface area contributed by atoms with Crippen molar-refractivity contribution in [3.05, 3.63) is 75.5 Å². The highest BCUT2D eigenvalue weighted by Gasteiger charge is 2.24. The zero-order chi connectivity index (χ0) is 18.0. The maximum atomic E-state index is 12.5. The summed E-state index contributed by atoms with van der Waals surface area (Å²) in [5, 5.41) is 16.5. The van der Waals surface area contributed by atoms with Crippen molar-refractivity contribution in [1.82, 2.24) is 10.2 Å². The topological polar surface area (TPSA) is 92.3 Å². The summed E-state index contributed by atoms with van der Waals surface area (Å²) in [6, 6.07) is 13.0. The van der Waals surface area contributed by atoms with Crippen LogP contribution in [0.25, 0.3) is 0 Å². The smallest absolute Gasteiger partial charge is 0.217 e. The fourth-order valence-electron chi connectivity index (χ4n) is 2.28. The van der Waals surface area contributed by atoms with Crippen LogP contribution in [-0.4, -0.2) is 34.0 Å². The Morgan fingerprint density at radius 3 is 2.16 bits per heavy atom. The minimum atomic E-state index is -0.477. The molecule has 0 bridgehead atoms. The van der Waals surface area contributed by atoms with Gasteiger partial charge in [-0.25, -0.2) is 0 Å². The number of aromatic amines is 1. The number of rotatable bonds is 5. The lowest BCUT2D eigenvalue weighted by atomic mass is 10.0. The molecule has 0 radical (unpaired) electrons. The standard InChI is InChI=1S/C18H13BrN2O4/c1-25-13-8-4-11(5-9-13)17(23)15-18(24)14(20-21-15)16(22)10-2-6-12(19)7-3-10/h2-9,24H,1H3,(H,20,21). The van der Waals surface area contributed by atoms with Gasteiger partial charge in [0.2, 0.25) is 11.6 Å². The summed E-state index contributed by atoms with van der Waals surface area (Å²) in [6.45, 7) is 0. The Kier molecular flexibility index (Phi) is 4.67. The summed E-state index contributed by atoms with van der Waals surface area (Å²) in [5.41, 5.74) is 0.362. The maximum absolute atomic E-state index is 12.5. The van der Waals surface area contributed by atoms with Gasteiger partial charge in [-0.15, -0.1) is 0 Å². The average molecular weight is 401 g/mol. The Hall–Kier alpha value is -2.93. The Balaban J connectivity index is 1.90. The van der Waals surface area contributed by atoms with E-state index in [1.165, 1.54) is 7.11 Å². The van der Waals surface area contributed by atoms with Gasteiger partial charge in [-0.2, -0.15) is 5.10 Å². The number of ether oxygens (including phenoxy) is 1. The molecule has 2 aromatic carbocycles. The molecule has 1 aromatic heterocycles. The van der Waals surface area contributed by atoms with Crippen LogP contribution in [0.15, 0.2) is 53.0 Å². The molecule has 0 fully saturated rings. The van der Waals surface area contributed by atoms with Crippen molar-refractivity contribution >= 4 is 27.5 Å². The van der Waals surface area contributed by atoms with Gasteiger partial charge in [0.05, 0.1) is 7.11 Å². The van der Waals surface area contributed by atoms with E-state index in [9.17, 15) is 14.7 Å². The molecule has 0 aliphatic rings. The highest BCUT2D eigenvalue weighted by Crippen LogP contribution is 2.25. The van der Waals surface area contributed by atoms with Crippen LogP contribution in [0.1, 0.15) is 32.1 Å². The predicted molar refractivity (Wildman–Crippen MR) is 94.3 cm³/mol. The summed E-state index contributed by atoms with van der Waals surface area (Å²) < 4.78 is 5.87. The van der Waals surface area contributed by atoms with Crippen LogP contribution in [0.4, 0.5) is 0 Å². The van der Waals surface area contributed by atoms with Crippen molar-refractivity contribution in [2.24, 2.45) is 0 Å². The molecule has 126 valence electrons. The van der Waals surface area contributed by atoms with E-state index in [4.69, 9.17) is 4.74 Å². The number of aromatic nitrogens is 2. The van der Waals surface area contributed by atoms with Crippen LogP contribution in [0, 0.1) is 0 Å². The molecule has 0 atom stereocenters. The van der Waals surface area contributed by atoms with E-state index in [0.717, 1.165) is 4.47 Å². The van der Waals surface area contributed by atoms with Gasteiger partial charge in [0.15, 0.2) is 11.4 Å². The van der Waals surface area contributed by atoms with Crippen LogP contribution in [0.5, 0.6) is 11.5 Å². The number of carbonyl (C=O) groups excluding carboxylic acids is 2. The number of ketones is 2. The molecule has 0 unspecified atom stereocenters. The minimum absolute atomic E-state index is 0.134. The third kappa shape index (κ3) is 3.32. The normalized spacial score (nSPS) is 10.5. The average Bonchev–Trinajstić information content (AvgIpc) is 3.02. The molecule has 0 spiro atoms. The molecule has 0 saturated heterocycles. The third-order valence-electron chi connectivity index (χ3n) is 3.64. The van der Waals surface area contributed by atoms with Gasteiger partial charge in [-0.3, -0.25) is 14.7 Å². The number of carbonyl (C=O) groups is 2. The van der Waals surface area contributed by atoms with E-state index in [-0.39, 0.29) is 11.4 Å². The van der Waals surface area contributed by atoms with Crippen molar-refractivity contribution in [3.63, 3.8) is 0 Å². The van der Waals surface area contributed by atoms with E-state index < -0.39 is 17.3 Å². The van der Waals surface area contributed by atoms with Gasteiger partial charge in [0, 0.05) is 15.6 Å². The first-order valence-corrected chi connectivity index (χ1v) is 8.07. The van der Waals surface area contributed by atoms with Gasteiger partial charge in [0.25, 0.3) is 0 Å². The lowest BCUT2D eigenvalue weighted by Crippen LogP contribution is -2.03. The molecular formula is C18H13BrN2O4. The second-order valence-corrected chi connectivity index (χ2v) is 6.11. The molecule has 0 aliphatic carbocycles. The third-order valence-corrected chi connectivity index (χ3v) is 4.17. The Labute approximate surface area is 151 Å². The maximum Gasteiger partial charge on any atom is 0.217 e. The highest BCUT2D eigenvalue weighted by molar-refractivity contribution is 9.10. The molecule has 0 amide bonds. The van der Waals surface area contributed by atoms with Crippen LogP contribution < -0.4 is 4.74 Å². The van der Waals surface area contributed by atoms with Gasteiger partial charge >= 0.3 is 0 Å². The number of benzene rings is 2. The molecule has 2 N–H and O–H groups in total. The van der Waals surface area contributed by atoms with Gasteiger partial charge in [0.1, 0.15) is 11.4 Å². The summed E-state index contributed by atoms with van der Waals surface area (Å²) >= 11 is 3.29. The van der Waals surface area contributed by atoms with E-state index in [1.807, 2.05) is 0 Å². The monoisotopic (exact) mass is 400 g/mol. The Morgan fingerprint density at radius 1 is 1.00 bits per heavy atom. The number of nitrogens with one attached hydrogen (secondary N) is 1. The molecule has 0 aliphatic heterocycles. The zero-order valence-electron chi connectivity index (χ0n) is 13.1. The molecule has 3 aromatic rings. The molecule has 3 rings (SSSR count). The van der Waals surface area contributed by atoms with Crippen LogP contribution in [-0.2, 0) is 0 Å². The zero-order valence-corrected chi connectivity index (χ0v) is 14.7. The Morgan fingerprint density at radius 2 is 1.56 bits per heavy atom. The first-order chi connectivity index (χ1) is 12.0. The van der Waals surface area contributed by atoms with E-state index in [1.54, 1.807) is 48.5 Å². The van der Waals surface area contributed by atoms with E-state index >= 15 is 0 Å². The van der Waals surface area contributed by atoms with Crippen molar-refractivity contribution in [2.75, 3.05) is 7.11 Å². The van der Waals surface area contributed by atoms with Gasteiger partial charge in [-0.05, 0) is 48.5 Å². The van der Waals surface area contributed by atoms with Crippen molar-refractivity contribution < 1.29 is 19.4 Å². The van der Waals surface area contributed by atoms with Crippen molar-refractivity contribution in [2.45, 2.75) is 0 Å². The highest BCUT2D eigenvalue weighted by atomic mass is 79.9. The number of halogens is 1. The number of hydrogen-bond acceptors (Lipinski definition) is 5. The minimum Gasteiger partial charge on any atom is -0.504 e. The molecule has 25 heavy (non-hydrogen) atoms. The van der Waals surface area contributed by atoms with Crippen LogP contribution in [0.2, 0.25) is 0 Å². The van der Waals surface area contributed by atoms with E-state index in [2.05, 4.69) is 26.1 Å². The summed E-state index contributed by atoms with van der Waals surface area (Å²) in [6.07, 6.45) is 0. The number of nitrogens with zero attached hydrogens (tertiary/aromatic N) is 1. The fourth-order valence-corrected chi connectivity index (χ4v) is 2.54. The lowest BCUT2D eigenvalue weighted by Gasteiger charge is -2.02. The molecule has 0 saturated carbocycles. The first kappa shape index (κ1) is 16.9. The van der Waals surface area contributed by atoms with Gasteiger partial charge < -0.3 is 9.84 Å². The predicted octanol–water partition coefficient (Wildman–Crippen LogP) is 3.35. The quantitative estimate of drug-likeness (QED) is 0.640. The lowest BCUT2D eigenvalue weighted by molar-refractivity contribution is 0.102. The van der Waals surface area contributed by atoms with Crippen molar-refractivity contribution in [1.29, 1.82) is 0 Å². The Bertz CT molecular complexity index is 931. The largest absolute Gasteiger partial charge is 0.504 e. The van der Waals surface area contributed by atoms with E-state index in [0.29, 0.717) is 16.9 Å². The first-order valence-electron chi connectivity index (χ1n) is 7.27. The molecule has 7 heteroatoms. The van der Waals surface area contributed by atoms with Crippen LogP contribution in [0.3, 0.4) is 0 Å². The second-order valence-electron chi connectivity index (χ2n) is 5.19. The summed E-state index contributed by atoms with van der Waals surface area (Å²) in [7, 11) is 1.53. The summed E-state index contributed by atoms with van der Waals surface area (Å²) in [4.78, 5) is 24.9. The number of aromatic hydroxyl groups is 1. The molecule has 6 nitrogen and oxygen atoms in total. The summed E-state index contributed by atoms with van der Waals surface area (Å²) in [5.74, 6) is -0.803. The number of H-pyrrole nitrogens is 1. The van der Waals surface area contributed by atoms with Crippen LogP contribution >= 0.6 is 15.9 Å². The number of methoxy groups -OCH3 is 1. The second kappa shape index (κ2) is 6.90. The fraction of sp³-hybridized carbons (Fsp3) is 0.0556. The number of hydrogen-bond donors (Lipinski definition) is 2. The molecule has 1 heterocycles. The SMILES string of the molecule is COc1ccc(C(=O)c2[nH]nc(C(=O)c3ccc(Br)cc3)c2O)cc1. The van der Waals surface area contributed by atoms with Gasteiger partial charge in [-0.1, -0.05) is 15.9 Å². The van der Waals surface area contributed by atoms with Crippen molar-refractivity contribution in [3.8, 4) is 11.5 Å².